The lowest BCUT2D eigenvalue weighted by Crippen LogP contribution is -1.98. The Morgan fingerprint density at radius 1 is 1.28 bits per heavy atom. The van der Waals surface area contributed by atoms with Crippen LogP contribution in [-0.4, -0.2) is 23.2 Å². The number of methoxy groups -OCH3 is 1. The quantitative estimate of drug-likeness (QED) is 0.900. The van der Waals surface area contributed by atoms with Crippen LogP contribution in [-0.2, 0) is 0 Å². The molecule has 0 radical (unpaired) electrons. The smallest absolute Gasteiger partial charge is 0.335 e. The maximum Gasteiger partial charge on any atom is 0.335 e. The lowest BCUT2D eigenvalue weighted by atomic mass is 9.99. The summed E-state index contributed by atoms with van der Waals surface area (Å²) in [6, 6.07) is 6.65. The highest BCUT2D eigenvalue weighted by Gasteiger charge is 2.12. The van der Waals surface area contributed by atoms with Crippen LogP contribution in [0, 0.1) is 6.92 Å². The molecule has 0 saturated heterocycles. The largest absolute Gasteiger partial charge is 0.496 e. The molecule has 1 aromatic carbocycles. The number of carboxylic acid groups (broad SMARTS) is 1. The van der Waals surface area contributed by atoms with Gasteiger partial charge in [-0.1, -0.05) is 0 Å². The van der Waals surface area contributed by atoms with Crippen molar-refractivity contribution in [1.29, 1.82) is 0 Å². The Hall–Kier alpha value is -2.36. The van der Waals surface area contributed by atoms with Crippen molar-refractivity contribution in [3.63, 3.8) is 0 Å². The number of nitrogens with zero attached hydrogens (tertiary/aromatic N) is 1. The highest BCUT2D eigenvalue weighted by molar-refractivity contribution is 5.90. The van der Waals surface area contributed by atoms with Crippen LogP contribution in [0.5, 0.6) is 5.75 Å². The minimum atomic E-state index is -0.953. The average molecular weight is 243 g/mol. The highest BCUT2D eigenvalue weighted by atomic mass is 16.5. The number of hydrogen-bond acceptors (Lipinski definition) is 3. The van der Waals surface area contributed by atoms with Crippen LogP contribution in [0.3, 0.4) is 0 Å². The molecule has 0 atom stereocenters. The van der Waals surface area contributed by atoms with E-state index in [1.165, 1.54) is 6.07 Å². The third kappa shape index (κ3) is 2.18. The molecule has 0 fully saturated rings. The summed E-state index contributed by atoms with van der Waals surface area (Å²) in [4.78, 5) is 15.0. The molecule has 0 aliphatic carbocycles. The molecular formula is C14H13NO3. The number of carbonyl (C=O) groups is 1. The van der Waals surface area contributed by atoms with Crippen LogP contribution in [0.25, 0.3) is 11.1 Å². The zero-order chi connectivity index (χ0) is 13.1. The molecule has 1 heterocycles. The number of carboxylic acids is 1. The number of rotatable bonds is 3. The summed E-state index contributed by atoms with van der Waals surface area (Å²) in [7, 11) is 1.57. The van der Waals surface area contributed by atoms with Crippen LogP contribution in [0.2, 0.25) is 0 Å². The summed E-state index contributed by atoms with van der Waals surface area (Å²) in [6.07, 6.45) is 3.41. The normalized spacial score (nSPS) is 10.1. The van der Waals surface area contributed by atoms with E-state index in [9.17, 15) is 4.79 Å². The number of pyridine rings is 1. The van der Waals surface area contributed by atoms with Gasteiger partial charge in [-0.15, -0.1) is 0 Å². The van der Waals surface area contributed by atoms with E-state index in [1.807, 2.05) is 13.0 Å². The van der Waals surface area contributed by atoms with Gasteiger partial charge in [0.1, 0.15) is 5.75 Å². The molecule has 0 saturated carbocycles. The molecule has 2 aromatic rings. The zero-order valence-corrected chi connectivity index (χ0v) is 10.2. The summed E-state index contributed by atoms with van der Waals surface area (Å²) in [5.74, 6) is -0.306. The first-order valence-corrected chi connectivity index (χ1v) is 5.46. The highest BCUT2D eigenvalue weighted by Crippen LogP contribution is 2.32. The van der Waals surface area contributed by atoms with E-state index in [0.717, 1.165) is 16.7 Å². The lowest BCUT2D eigenvalue weighted by molar-refractivity contribution is 0.0697. The Morgan fingerprint density at radius 2 is 2.06 bits per heavy atom. The Labute approximate surface area is 105 Å². The van der Waals surface area contributed by atoms with Crippen molar-refractivity contribution in [3.8, 4) is 16.9 Å². The van der Waals surface area contributed by atoms with Gasteiger partial charge in [-0.05, 0) is 42.3 Å². The van der Waals surface area contributed by atoms with Crippen molar-refractivity contribution in [2.24, 2.45) is 0 Å². The van der Waals surface area contributed by atoms with Gasteiger partial charge in [0.2, 0.25) is 0 Å². The van der Waals surface area contributed by atoms with Crippen LogP contribution < -0.4 is 4.74 Å². The lowest BCUT2D eigenvalue weighted by Gasteiger charge is -2.11. The van der Waals surface area contributed by atoms with Crippen molar-refractivity contribution in [1.82, 2.24) is 4.98 Å². The maximum atomic E-state index is 11.0. The van der Waals surface area contributed by atoms with Crippen molar-refractivity contribution in [3.05, 3.63) is 47.8 Å². The third-order valence-electron chi connectivity index (χ3n) is 2.76. The van der Waals surface area contributed by atoms with Gasteiger partial charge in [-0.25, -0.2) is 4.79 Å². The first-order chi connectivity index (χ1) is 8.63. The second-order valence-electron chi connectivity index (χ2n) is 3.91. The molecule has 4 heteroatoms. The standard InChI is InChI=1S/C14H13NO3/c1-9-8-15-6-5-11(9)12-7-10(14(16)17)3-4-13(12)18-2/h3-8H,1-2H3,(H,16,17). The average Bonchev–Trinajstić information content (AvgIpc) is 2.38. The minimum Gasteiger partial charge on any atom is -0.496 e. The third-order valence-corrected chi connectivity index (χ3v) is 2.76. The van der Waals surface area contributed by atoms with Gasteiger partial charge >= 0.3 is 5.97 Å². The molecule has 18 heavy (non-hydrogen) atoms. The van der Waals surface area contributed by atoms with Gasteiger partial charge in [0.15, 0.2) is 0 Å². The molecule has 0 amide bonds. The molecule has 0 aliphatic heterocycles. The van der Waals surface area contributed by atoms with E-state index in [4.69, 9.17) is 9.84 Å². The molecule has 0 unspecified atom stereocenters. The number of hydrogen-bond donors (Lipinski definition) is 1. The fourth-order valence-electron chi connectivity index (χ4n) is 1.83. The Kier molecular flexibility index (Phi) is 3.28. The number of aryl methyl sites for hydroxylation is 1. The fraction of sp³-hybridized carbons (Fsp3) is 0.143. The number of benzene rings is 1. The summed E-state index contributed by atoms with van der Waals surface area (Å²) in [5, 5.41) is 9.04. The number of aromatic carboxylic acids is 1. The summed E-state index contributed by atoms with van der Waals surface area (Å²) < 4.78 is 5.28. The summed E-state index contributed by atoms with van der Waals surface area (Å²) >= 11 is 0. The minimum absolute atomic E-state index is 0.238. The first kappa shape index (κ1) is 12.1. The van der Waals surface area contributed by atoms with E-state index in [-0.39, 0.29) is 5.56 Å². The SMILES string of the molecule is COc1ccc(C(=O)O)cc1-c1ccncc1C. The van der Waals surface area contributed by atoms with Gasteiger partial charge in [0.05, 0.1) is 12.7 Å². The van der Waals surface area contributed by atoms with Gasteiger partial charge in [0.25, 0.3) is 0 Å². The van der Waals surface area contributed by atoms with E-state index in [2.05, 4.69) is 4.98 Å². The second kappa shape index (κ2) is 4.87. The first-order valence-electron chi connectivity index (χ1n) is 5.46. The Morgan fingerprint density at radius 3 is 2.67 bits per heavy atom. The molecule has 1 aromatic heterocycles. The predicted octanol–water partition coefficient (Wildman–Crippen LogP) is 2.76. The van der Waals surface area contributed by atoms with Gasteiger partial charge in [-0.3, -0.25) is 4.98 Å². The maximum absolute atomic E-state index is 11.0. The molecular weight excluding hydrogens is 230 g/mol. The van der Waals surface area contributed by atoms with Crippen molar-refractivity contribution < 1.29 is 14.6 Å². The molecule has 0 spiro atoms. The topological polar surface area (TPSA) is 59.4 Å². The molecule has 0 bridgehead atoms. The molecule has 2 rings (SSSR count). The van der Waals surface area contributed by atoms with Crippen LogP contribution in [0.1, 0.15) is 15.9 Å². The predicted molar refractivity (Wildman–Crippen MR) is 67.9 cm³/mol. The van der Waals surface area contributed by atoms with Gasteiger partial charge in [0, 0.05) is 18.0 Å². The Bertz CT molecular complexity index is 593. The van der Waals surface area contributed by atoms with Crippen molar-refractivity contribution in [2.75, 3.05) is 7.11 Å². The zero-order valence-electron chi connectivity index (χ0n) is 10.2. The summed E-state index contributed by atoms with van der Waals surface area (Å²) in [5.41, 5.74) is 2.89. The fourth-order valence-corrected chi connectivity index (χ4v) is 1.83. The van der Waals surface area contributed by atoms with Gasteiger partial charge in [-0.2, -0.15) is 0 Å². The van der Waals surface area contributed by atoms with E-state index >= 15 is 0 Å². The van der Waals surface area contributed by atoms with E-state index in [0.29, 0.717) is 5.75 Å². The number of aromatic nitrogens is 1. The van der Waals surface area contributed by atoms with E-state index < -0.39 is 5.97 Å². The van der Waals surface area contributed by atoms with Crippen LogP contribution in [0.4, 0.5) is 0 Å². The van der Waals surface area contributed by atoms with E-state index in [1.54, 1.807) is 31.6 Å². The van der Waals surface area contributed by atoms with Crippen LogP contribution in [0.15, 0.2) is 36.7 Å². The number of ether oxygens (including phenoxy) is 1. The molecule has 1 N–H and O–H groups in total. The monoisotopic (exact) mass is 243 g/mol. The molecule has 4 nitrogen and oxygen atoms in total. The van der Waals surface area contributed by atoms with Gasteiger partial charge < -0.3 is 9.84 Å². The molecule has 92 valence electrons. The Balaban J connectivity index is 2.64. The molecule has 0 aliphatic rings. The van der Waals surface area contributed by atoms with Crippen molar-refractivity contribution in [2.45, 2.75) is 6.92 Å². The summed E-state index contributed by atoms with van der Waals surface area (Å²) in [6.45, 7) is 1.93. The van der Waals surface area contributed by atoms with Crippen LogP contribution >= 0.6 is 0 Å². The second-order valence-corrected chi connectivity index (χ2v) is 3.91. The van der Waals surface area contributed by atoms with Crippen molar-refractivity contribution >= 4 is 5.97 Å².